The summed E-state index contributed by atoms with van der Waals surface area (Å²) in [7, 11) is 1.67. The number of carbonyl (C=O) groups excluding carboxylic acids is 1. The number of rotatable bonds is 8. The lowest BCUT2D eigenvalue weighted by Gasteiger charge is -2.28. The van der Waals surface area contributed by atoms with Crippen molar-refractivity contribution in [3.63, 3.8) is 0 Å². The van der Waals surface area contributed by atoms with Crippen LogP contribution in [0.1, 0.15) is 30.0 Å². The topological polar surface area (TPSA) is 50.8 Å². The third kappa shape index (κ3) is 5.40. The second kappa shape index (κ2) is 9.80. The summed E-state index contributed by atoms with van der Waals surface area (Å²) < 4.78 is 11.0. The van der Waals surface area contributed by atoms with Crippen molar-refractivity contribution >= 4 is 17.5 Å². The first-order valence-corrected chi connectivity index (χ1v) is 9.98. The van der Waals surface area contributed by atoms with Crippen molar-refractivity contribution in [3.05, 3.63) is 58.6 Å². The molecule has 1 amide bonds. The molecule has 6 heteroatoms. The van der Waals surface area contributed by atoms with Crippen LogP contribution in [0.3, 0.4) is 0 Å². The highest BCUT2D eigenvalue weighted by molar-refractivity contribution is 6.31. The Bertz CT molecular complexity index is 806. The number of nitrogens with zero attached hydrogens (tertiary/aromatic N) is 1. The van der Waals surface area contributed by atoms with Crippen LogP contribution < -0.4 is 14.8 Å². The molecule has 1 saturated heterocycles. The molecule has 1 N–H and O–H groups in total. The molecule has 2 aromatic carbocycles. The Kier molecular flexibility index (Phi) is 7.18. The molecule has 0 saturated carbocycles. The number of aryl methyl sites for hydroxylation is 1. The van der Waals surface area contributed by atoms with E-state index in [1.807, 2.05) is 31.2 Å². The van der Waals surface area contributed by atoms with Gasteiger partial charge in [0.1, 0.15) is 11.5 Å². The van der Waals surface area contributed by atoms with Gasteiger partial charge in [0.25, 0.3) is 5.91 Å². The van der Waals surface area contributed by atoms with Crippen molar-refractivity contribution in [2.45, 2.75) is 25.8 Å². The maximum atomic E-state index is 12.3. The van der Waals surface area contributed by atoms with Crippen LogP contribution in [-0.4, -0.2) is 44.2 Å². The van der Waals surface area contributed by atoms with Gasteiger partial charge in [-0.2, -0.15) is 0 Å². The normalized spacial score (nSPS) is 15.2. The van der Waals surface area contributed by atoms with Crippen molar-refractivity contribution in [1.82, 2.24) is 10.2 Å². The molecule has 28 heavy (non-hydrogen) atoms. The monoisotopic (exact) mass is 402 g/mol. The van der Waals surface area contributed by atoms with Crippen LogP contribution in [0, 0.1) is 6.92 Å². The number of likely N-dealkylation sites (tertiary alicyclic amines) is 1. The number of carbonyl (C=O) groups is 1. The molecule has 1 heterocycles. The fraction of sp³-hybridized carbons (Fsp3) is 0.409. The van der Waals surface area contributed by atoms with Gasteiger partial charge in [0, 0.05) is 11.6 Å². The molecule has 0 bridgehead atoms. The van der Waals surface area contributed by atoms with Crippen LogP contribution in [-0.2, 0) is 4.79 Å². The van der Waals surface area contributed by atoms with Gasteiger partial charge in [0.15, 0.2) is 6.61 Å². The highest BCUT2D eigenvalue weighted by Crippen LogP contribution is 2.27. The van der Waals surface area contributed by atoms with Crippen LogP contribution in [0.15, 0.2) is 42.5 Å². The number of ether oxygens (including phenoxy) is 2. The molecule has 0 radical (unpaired) electrons. The molecule has 1 aliphatic rings. The van der Waals surface area contributed by atoms with Gasteiger partial charge in [-0.05, 0) is 74.3 Å². The predicted molar refractivity (Wildman–Crippen MR) is 111 cm³/mol. The van der Waals surface area contributed by atoms with Gasteiger partial charge in [-0.25, -0.2) is 0 Å². The number of amides is 1. The van der Waals surface area contributed by atoms with E-state index in [1.54, 1.807) is 19.2 Å². The molecule has 0 aromatic heterocycles. The van der Waals surface area contributed by atoms with Gasteiger partial charge in [-0.15, -0.1) is 0 Å². The maximum absolute atomic E-state index is 12.3. The van der Waals surface area contributed by atoms with Crippen molar-refractivity contribution < 1.29 is 14.3 Å². The molecule has 150 valence electrons. The van der Waals surface area contributed by atoms with Crippen molar-refractivity contribution in [2.75, 3.05) is 33.4 Å². The predicted octanol–water partition coefficient (Wildman–Crippen LogP) is 3.99. The Morgan fingerprint density at radius 3 is 2.68 bits per heavy atom. The highest BCUT2D eigenvalue weighted by Gasteiger charge is 2.24. The van der Waals surface area contributed by atoms with E-state index in [0.717, 1.165) is 30.0 Å². The molecule has 1 aliphatic heterocycles. The van der Waals surface area contributed by atoms with Gasteiger partial charge >= 0.3 is 0 Å². The summed E-state index contributed by atoms with van der Waals surface area (Å²) in [5.41, 5.74) is 2.07. The standard InChI is InChI=1S/C22H27ClN2O3/c1-16-12-19(8-9-20(16)23)28-15-22(26)24-14-21(25-10-3-4-11-25)17-6-5-7-18(13-17)27-2/h5-9,12-13,21H,3-4,10-11,14-15H2,1-2H3,(H,24,26). The number of halogens is 1. The van der Waals surface area contributed by atoms with Crippen molar-refractivity contribution in [2.24, 2.45) is 0 Å². The van der Waals surface area contributed by atoms with Crippen LogP contribution >= 0.6 is 11.6 Å². The molecular formula is C22H27ClN2O3. The minimum Gasteiger partial charge on any atom is -0.497 e. The van der Waals surface area contributed by atoms with Gasteiger partial charge < -0.3 is 14.8 Å². The average molecular weight is 403 g/mol. The SMILES string of the molecule is COc1cccc(C(CNC(=O)COc2ccc(Cl)c(C)c2)N2CCCC2)c1. The van der Waals surface area contributed by atoms with Crippen molar-refractivity contribution in [3.8, 4) is 11.5 Å². The first-order chi connectivity index (χ1) is 13.6. The van der Waals surface area contributed by atoms with Crippen LogP contribution in [0.5, 0.6) is 11.5 Å². The minimum absolute atomic E-state index is 0.0219. The summed E-state index contributed by atoms with van der Waals surface area (Å²) in [6.45, 7) is 4.50. The van der Waals surface area contributed by atoms with E-state index >= 15 is 0 Å². The van der Waals surface area contributed by atoms with Crippen LogP contribution in [0.4, 0.5) is 0 Å². The minimum atomic E-state index is -0.139. The molecule has 0 spiro atoms. The van der Waals surface area contributed by atoms with E-state index in [4.69, 9.17) is 21.1 Å². The molecule has 1 fully saturated rings. The zero-order chi connectivity index (χ0) is 19.9. The molecule has 5 nitrogen and oxygen atoms in total. The molecule has 1 unspecified atom stereocenters. The van der Waals surface area contributed by atoms with E-state index in [2.05, 4.69) is 16.3 Å². The van der Waals surface area contributed by atoms with E-state index < -0.39 is 0 Å². The van der Waals surface area contributed by atoms with Gasteiger partial charge in [0.2, 0.25) is 0 Å². The van der Waals surface area contributed by atoms with Crippen LogP contribution in [0.25, 0.3) is 0 Å². The fourth-order valence-electron chi connectivity index (χ4n) is 3.48. The average Bonchev–Trinajstić information content (AvgIpc) is 3.23. The Morgan fingerprint density at radius 1 is 1.18 bits per heavy atom. The first kappa shape index (κ1) is 20.5. The number of methoxy groups -OCH3 is 1. The summed E-state index contributed by atoms with van der Waals surface area (Å²) in [5.74, 6) is 1.33. The van der Waals surface area contributed by atoms with E-state index in [-0.39, 0.29) is 18.6 Å². The highest BCUT2D eigenvalue weighted by atomic mass is 35.5. The van der Waals surface area contributed by atoms with Crippen molar-refractivity contribution in [1.29, 1.82) is 0 Å². The maximum Gasteiger partial charge on any atom is 0.258 e. The zero-order valence-electron chi connectivity index (χ0n) is 16.4. The summed E-state index contributed by atoms with van der Waals surface area (Å²) in [5, 5.41) is 3.70. The van der Waals surface area contributed by atoms with Gasteiger partial charge in [-0.3, -0.25) is 9.69 Å². The second-order valence-electron chi connectivity index (χ2n) is 7.04. The molecule has 2 aromatic rings. The fourth-order valence-corrected chi connectivity index (χ4v) is 3.59. The Balaban J connectivity index is 1.59. The Labute approximate surface area is 171 Å². The summed E-state index contributed by atoms with van der Waals surface area (Å²) in [6.07, 6.45) is 2.38. The smallest absolute Gasteiger partial charge is 0.258 e. The Hall–Kier alpha value is -2.24. The lowest BCUT2D eigenvalue weighted by Crippen LogP contribution is -2.38. The third-order valence-electron chi connectivity index (χ3n) is 5.05. The van der Waals surface area contributed by atoms with E-state index in [9.17, 15) is 4.79 Å². The van der Waals surface area contributed by atoms with Gasteiger partial charge in [0.05, 0.1) is 13.2 Å². The largest absolute Gasteiger partial charge is 0.497 e. The lowest BCUT2D eigenvalue weighted by molar-refractivity contribution is -0.123. The first-order valence-electron chi connectivity index (χ1n) is 9.60. The number of hydrogen-bond donors (Lipinski definition) is 1. The molecule has 1 atom stereocenters. The summed E-state index contributed by atoms with van der Waals surface area (Å²) in [6, 6.07) is 13.6. The number of benzene rings is 2. The summed E-state index contributed by atoms with van der Waals surface area (Å²) in [4.78, 5) is 14.8. The third-order valence-corrected chi connectivity index (χ3v) is 5.48. The molecular weight excluding hydrogens is 376 g/mol. The quantitative estimate of drug-likeness (QED) is 0.725. The van der Waals surface area contributed by atoms with Gasteiger partial charge in [-0.1, -0.05) is 23.7 Å². The zero-order valence-corrected chi connectivity index (χ0v) is 17.2. The lowest BCUT2D eigenvalue weighted by atomic mass is 10.0. The Morgan fingerprint density at radius 2 is 1.96 bits per heavy atom. The van der Waals surface area contributed by atoms with E-state index in [1.165, 1.54) is 12.8 Å². The number of hydrogen-bond acceptors (Lipinski definition) is 4. The second-order valence-corrected chi connectivity index (χ2v) is 7.45. The number of nitrogens with one attached hydrogen (secondary N) is 1. The summed E-state index contributed by atoms with van der Waals surface area (Å²) >= 11 is 6.02. The molecule has 0 aliphatic carbocycles. The molecule has 3 rings (SSSR count). The van der Waals surface area contributed by atoms with E-state index in [0.29, 0.717) is 17.3 Å². The van der Waals surface area contributed by atoms with Crippen LogP contribution in [0.2, 0.25) is 5.02 Å².